The van der Waals surface area contributed by atoms with Gasteiger partial charge in [-0.05, 0) is 30.3 Å². The summed E-state index contributed by atoms with van der Waals surface area (Å²) in [4.78, 5) is 12.6. The fourth-order valence-electron chi connectivity index (χ4n) is 2.01. The van der Waals surface area contributed by atoms with E-state index in [4.69, 9.17) is 23.4 Å². The molecule has 0 radical (unpaired) electrons. The van der Waals surface area contributed by atoms with Gasteiger partial charge in [0.25, 0.3) is 0 Å². The number of urea groups is 1. The zero-order valence-electron chi connectivity index (χ0n) is 12.4. The first kappa shape index (κ1) is 20.2. The third-order valence-electron chi connectivity index (χ3n) is 3.11. The molecule has 2 amide bonds. The molecule has 3 nitrogen and oxygen atoms in total. The summed E-state index contributed by atoms with van der Waals surface area (Å²) >= 11 is 10.5. The lowest BCUT2D eigenvalue weighted by Gasteiger charge is -2.28. The zero-order chi connectivity index (χ0) is 19.7. The Bertz CT molecular complexity index is 795. The molecule has 0 heterocycles. The van der Waals surface area contributed by atoms with Crippen molar-refractivity contribution in [3.8, 4) is 0 Å². The fraction of sp³-hybridized carbons (Fsp3) is 0.133. The highest BCUT2D eigenvalue weighted by atomic mass is 35.5. The molecule has 2 aromatic carbocycles. The minimum absolute atomic E-state index is 0.122. The molecule has 140 valence electrons. The van der Waals surface area contributed by atoms with E-state index < -0.39 is 39.2 Å². The van der Waals surface area contributed by atoms with Crippen molar-refractivity contribution < 1.29 is 31.1 Å². The van der Waals surface area contributed by atoms with Crippen LogP contribution < -0.4 is 4.90 Å². The van der Waals surface area contributed by atoms with Crippen LogP contribution in [0.5, 0.6) is 0 Å². The molecular weight excluding hydrogens is 409 g/mol. The van der Waals surface area contributed by atoms with Gasteiger partial charge in [0.2, 0.25) is 0 Å². The lowest BCUT2D eigenvalue weighted by molar-refractivity contribution is -0.192. The minimum Gasteiger partial charge on any atom is -0.262 e. The van der Waals surface area contributed by atoms with Crippen molar-refractivity contribution in [2.75, 3.05) is 4.90 Å². The average molecular weight is 417 g/mol. The first-order valence-electron chi connectivity index (χ1n) is 6.71. The number of anilines is 2. The molecule has 0 aliphatic rings. The molecule has 0 spiro atoms. The van der Waals surface area contributed by atoms with Gasteiger partial charge in [-0.3, -0.25) is 4.90 Å². The van der Waals surface area contributed by atoms with E-state index in [2.05, 4.69) is 0 Å². The van der Waals surface area contributed by atoms with E-state index in [-0.39, 0.29) is 5.69 Å². The van der Waals surface area contributed by atoms with Crippen LogP contribution in [0.1, 0.15) is 5.56 Å². The number of carbonyl (C=O) groups is 1. The van der Waals surface area contributed by atoms with E-state index >= 15 is 0 Å². The van der Waals surface area contributed by atoms with Crippen molar-refractivity contribution in [3.05, 3.63) is 59.1 Å². The first-order valence-corrected chi connectivity index (χ1v) is 7.43. The predicted molar refractivity (Wildman–Crippen MR) is 84.2 cm³/mol. The molecular formula is C15H8Cl2F6N2O. The quantitative estimate of drug-likeness (QED) is 0.307. The number of para-hydroxylation sites is 1. The number of rotatable bonds is 2. The Morgan fingerprint density at radius 1 is 0.885 bits per heavy atom. The van der Waals surface area contributed by atoms with Crippen LogP contribution in [0.2, 0.25) is 5.02 Å². The number of hydrogen-bond acceptors (Lipinski definition) is 1. The molecule has 0 unspecified atom stereocenters. The van der Waals surface area contributed by atoms with Crippen molar-refractivity contribution in [1.29, 1.82) is 0 Å². The number of benzene rings is 2. The summed E-state index contributed by atoms with van der Waals surface area (Å²) in [6.07, 6.45) is -10.1. The highest BCUT2D eigenvalue weighted by Gasteiger charge is 2.44. The summed E-state index contributed by atoms with van der Waals surface area (Å²) in [5.74, 6) is 0. The SMILES string of the molecule is O=C(N(c1ccccc1)c1ccc(Cl)c(C(F)(F)F)c1)N(Cl)C(F)(F)F. The Morgan fingerprint density at radius 3 is 1.96 bits per heavy atom. The molecule has 0 aromatic heterocycles. The molecule has 0 fully saturated rings. The van der Waals surface area contributed by atoms with Crippen LogP contribution >= 0.6 is 23.4 Å². The summed E-state index contributed by atoms with van der Waals surface area (Å²) in [7, 11) is 0. The van der Waals surface area contributed by atoms with E-state index in [1.165, 1.54) is 30.3 Å². The molecule has 11 heteroatoms. The smallest absolute Gasteiger partial charge is 0.262 e. The average Bonchev–Trinajstić information content (AvgIpc) is 2.54. The molecule has 0 N–H and O–H groups in total. The Kier molecular flexibility index (Phi) is 5.62. The molecule has 0 aliphatic heterocycles. The van der Waals surface area contributed by atoms with Crippen LogP contribution in [0.4, 0.5) is 42.5 Å². The topological polar surface area (TPSA) is 23.6 Å². The second kappa shape index (κ2) is 7.24. The standard InChI is InChI=1S/C15H8Cl2F6N2O/c16-12-7-6-10(8-11(12)14(18,19)20)24(9-4-2-1-3-5-9)13(26)25(17)15(21,22)23/h1-8H. The van der Waals surface area contributed by atoms with E-state index in [1.807, 2.05) is 0 Å². The van der Waals surface area contributed by atoms with Gasteiger partial charge in [-0.1, -0.05) is 29.8 Å². The molecule has 0 saturated heterocycles. The maximum absolute atomic E-state index is 13.0. The van der Waals surface area contributed by atoms with Crippen LogP contribution in [-0.2, 0) is 6.18 Å². The molecule has 2 aromatic rings. The number of carbonyl (C=O) groups excluding carboxylic acids is 1. The number of nitrogens with zero attached hydrogens (tertiary/aromatic N) is 2. The molecule has 0 saturated carbocycles. The van der Waals surface area contributed by atoms with Gasteiger partial charge in [0.15, 0.2) is 0 Å². The molecule has 0 atom stereocenters. The van der Waals surface area contributed by atoms with Gasteiger partial charge in [-0.25, -0.2) is 4.79 Å². The second-order valence-corrected chi connectivity index (χ2v) is 5.61. The Morgan fingerprint density at radius 2 is 1.46 bits per heavy atom. The van der Waals surface area contributed by atoms with Gasteiger partial charge >= 0.3 is 18.5 Å². The molecule has 26 heavy (non-hydrogen) atoms. The minimum atomic E-state index is -5.25. The van der Waals surface area contributed by atoms with Gasteiger partial charge in [-0.15, -0.1) is 17.6 Å². The first-order chi connectivity index (χ1) is 11.9. The van der Waals surface area contributed by atoms with Crippen molar-refractivity contribution >= 4 is 40.8 Å². The van der Waals surface area contributed by atoms with Crippen LogP contribution in [0.15, 0.2) is 48.5 Å². The van der Waals surface area contributed by atoms with Gasteiger partial charge in [-0.2, -0.15) is 13.2 Å². The Labute approximate surface area is 153 Å². The molecule has 0 bridgehead atoms. The summed E-state index contributed by atoms with van der Waals surface area (Å²) < 4.78 is 76.4. The van der Waals surface area contributed by atoms with Gasteiger partial charge in [0, 0.05) is 11.8 Å². The Balaban J connectivity index is 2.61. The monoisotopic (exact) mass is 416 g/mol. The lowest BCUT2D eigenvalue weighted by Crippen LogP contribution is -2.43. The van der Waals surface area contributed by atoms with Crippen LogP contribution in [0, 0.1) is 0 Å². The van der Waals surface area contributed by atoms with Crippen molar-refractivity contribution in [1.82, 2.24) is 4.42 Å². The van der Waals surface area contributed by atoms with Crippen molar-refractivity contribution in [3.63, 3.8) is 0 Å². The highest BCUT2D eigenvalue weighted by molar-refractivity contribution is 6.31. The summed E-state index contributed by atoms with van der Waals surface area (Å²) in [6, 6.07) is 7.23. The van der Waals surface area contributed by atoms with Crippen LogP contribution in [0.25, 0.3) is 0 Å². The van der Waals surface area contributed by atoms with E-state index in [9.17, 15) is 31.1 Å². The van der Waals surface area contributed by atoms with Gasteiger partial charge in [0.05, 0.1) is 22.0 Å². The van der Waals surface area contributed by atoms with Crippen LogP contribution in [-0.4, -0.2) is 16.8 Å². The Hall–Kier alpha value is -2.13. The second-order valence-electron chi connectivity index (χ2n) is 4.86. The third-order valence-corrected chi connectivity index (χ3v) is 3.78. The number of halogens is 8. The summed E-state index contributed by atoms with van der Waals surface area (Å²) in [5, 5.41) is -0.666. The van der Waals surface area contributed by atoms with Crippen molar-refractivity contribution in [2.45, 2.75) is 12.5 Å². The maximum atomic E-state index is 13.0. The summed E-state index contributed by atoms with van der Waals surface area (Å²) in [6.45, 7) is 0. The van der Waals surface area contributed by atoms with Crippen LogP contribution in [0.3, 0.4) is 0 Å². The predicted octanol–water partition coefficient (Wildman–Crippen LogP) is 6.59. The largest absolute Gasteiger partial charge is 0.503 e. The van der Waals surface area contributed by atoms with Gasteiger partial charge in [0.1, 0.15) is 0 Å². The van der Waals surface area contributed by atoms with Gasteiger partial charge < -0.3 is 0 Å². The maximum Gasteiger partial charge on any atom is 0.503 e. The fourth-order valence-corrected chi connectivity index (χ4v) is 2.31. The zero-order valence-corrected chi connectivity index (χ0v) is 14.0. The number of amides is 2. The van der Waals surface area contributed by atoms with E-state index in [0.29, 0.717) is 11.0 Å². The highest BCUT2D eigenvalue weighted by Crippen LogP contribution is 2.39. The molecule has 2 rings (SSSR count). The number of alkyl halides is 6. The summed E-state index contributed by atoms with van der Waals surface area (Å²) in [5.41, 5.74) is -1.92. The van der Waals surface area contributed by atoms with E-state index in [0.717, 1.165) is 12.1 Å². The van der Waals surface area contributed by atoms with E-state index in [1.54, 1.807) is 0 Å². The number of hydrogen-bond donors (Lipinski definition) is 0. The normalized spacial score (nSPS) is 12.0. The lowest BCUT2D eigenvalue weighted by atomic mass is 10.1. The van der Waals surface area contributed by atoms with Crippen molar-refractivity contribution in [2.24, 2.45) is 0 Å². The molecule has 0 aliphatic carbocycles. The third kappa shape index (κ3) is 4.34.